The van der Waals surface area contributed by atoms with Crippen molar-refractivity contribution in [2.24, 2.45) is 0 Å². The van der Waals surface area contributed by atoms with Gasteiger partial charge < -0.3 is 14.2 Å². The first-order valence-corrected chi connectivity index (χ1v) is 8.59. The van der Waals surface area contributed by atoms with Crippen molar-refractivity contribution in [3.8, 4) is 11.5 Å². The number of benzene rings is 2. The summed E-state index contributed by atoms with van der Waals surface area (Å²) < 4.78 is 17.8. The molecule has 0 N–H and O–H groups in total. The number of alkyl halides is 1. The van der Waals surface area contributed by atoms with E-state index in [9.17, 15) is 0 Å². The van der Waals surface area contributed by atoms with E-state index < -0.39 is 5.79 Å². The van der Waals surface area contributed by atoms with E-state index in [-0.39, 0.29) is 6.10 Å². The van der Waals surface area contributed by atoms with E-state index in [0.29, 0.717) is 11.9 Å². The second kappa shape index (κ2) is 6.82. The molecule has 1 fully saturated rings. The maximum absolute atomic E-state index is 6.08. The van der Waals surface area contributed by atoms with E-state index >= 15 is 0 Å². The SMILES string of the molecule is CCC1COC(CBr)(c2ccc(Oc3ccccc3)cc2)O1. The zero-order chi connectivity index (χ0) is 15.4. The minimum Gasteiger partial charge on any atom is -0.457 e. The lowest BCUT2D eigenvalue weighted by atomic mass is 10.1. The van der Waals surface area contributed by atoms with Crippen molar-refractivity contribution in [1.82, 2.24) is 0 Å². The molecule has 2 atom stereocenters. The van der Waals surface area contributed by atoms with E-state index in [1.807, 2.05) is 54.6 Å². The van der Waals surface area contributed by atoms with Crippen molar-refractivity contribution in [2.45, 2.75) is 25.2 Å². The van der Waals surface area contributed by atoms with Crippen molar-refractivity contribution in [3.05, 3.63) is 60.2 Å². The Morgan fingerprint density at radius 1 is 1.09 bits per heavy atom. The third kappa shape index (κ3) is 3.19. The van der Waals surface area contributed by atoms with Gasteiger partial charge >= 0.3 is 0 Å². The Kier molecular flexibility index (Phi) is 4.81. The minimum absolute atomic E-state index is 0.151. The van der Waals surface area contributed by atoms with Crippen molar-refractivity contribution >= 4 is 15.9 Å². The smallest absolute Gasteiger partial charge is 0.205 e. The van der Waals surface area contributed by atoms with Gasteiger partial charge in [0, 0.05) is 5.56 Å². The van der Waals surface area contributed by atoms with Crippen LogP contribution in [0.2, 0.25) is 0 Å². The van der Waals surface area contributed by atoms with Crippen LogP contribution in [0.3, 0.4) is 0 Å². The summed E-state index contributed by atoms with van der Waals surface area (Å²) in [6.45, 7) is 2.74. The lowest BCUT2D eigenvalue weighted by Gasteiger charge is -2.26. The van der Waals surface area contributed by atoms with Crippen molar-refractivity contribution < 1.29 is 14.2 Å². The number of hydrogen-bond acceptors (Lipinski definition) is 3. The van der Waals surface area contributed by atoms with Crippen molar-refractivity contribution in [2.75, 3.05) is 11.9 Å². The molecule has 1 saturated heterocycles. The number of rotatable bonds is 5. The molecule has 0 aromatic heterocycles. The first-order chi connectivity index (χ1) is 10.8. The zero-order valence-corrected chi connectivity index (χ0v) is 14.1. The fraction of sp³-hybridized carbons (Fsp3) is 0.333. The summed E-state index contributed by atoms with van der Waals surface area (Å²) in [7, 11) is 0. The van der Waals surface area contributed by atoms with Crippen LogP contribution in [0, 0.1) is 0 Å². The molecule has 4 heteroatoms. The molecule has 1 aliphatic rings. The number of ether oxygens (including phenoxy) is 3. The average molecular weight is 363 g/mol. The largest absolute Gasteiger partial charge is 0.457 e. The van der Waals surface area contributed by atoms with Gasteiger partial charge in [-0.15, -0.1) is 0 Å². The summed E-state index contributed by atoms with van der Waals surface area (Å²) >= 11 is 3.52. The molecular weight excluding hydrogens is 344 g/mol. The molecule has 3 rings (SSSR count). The maximum atomic E-state index is 6.08. The fourth-order valence-corrected chi connectivity index (χ4v) is 3.08. The summed E-state index contributed by atoms with van der Waals surface area (Å²) in [5, 5.41) is 0.607. The van der Waals surface area contributed by atoms with Crippen LogP contribution in [-0.2, 0) is 15.3 Å². The summed E-state index contributed by atoms with van der Waals surface area (Å²) in [4.78, 5) is 0. The molecule has 0 saturated carbocycles. The van der Waals surface area contributed by atoms with Gasteiger partial charge in [0.15, 0.2) is 0 Å². The molecule has 0 amide bonds. The average Bonchev–Trinajstić information content (AvgIpc) is 3.01. The van der Waals surface area contributed by atoms with Crippen molar-refractivity contribution in [1.29, 1.82) is 0 Å². The predicted octanol–water partition coefficient (Wildman–Crippen LogP) is 4.85. The molecule has 0 spiro atoms. The molecule has 1 aliphatic heterocycles. The lowest BCUT2D eigenvalue weighted by Crippen LogP contribution is -2.29. The van der Waals surface area contributed by atoms with E-state index in [0.717, 1.165) is 23.5 Å². The van der Waals surface area contributed by atoms with Crippen LogP contribution in [0.25, 0.3) is 0 Å². The monoisotopic (exact) mass is 362 g/mol. The molecule has 2 unspecified atom stereocenters. The highest BCUT2D eigenvalue weighted by Crippen LogP contribution is 2.37. The second-order valence-corrected chi connectivity index (χ2v) is 5.85. The quantitative estimate of drug-likeness (QED) is 0.711. The van der Waals surface area contributed by atoms with Crippen LogP contribution < -0.4 is 4.74 Å². The van der Waals surface area contributed by atoms with Crippen LogP contribution >= 0.6 is 15.9 Å². The Bertz CT molecular complexity index is 599. The van der Waals surface area contributed by atoms with Crippen LogP contribution in [0.15, 0.2) is 54.6 Å². The second-order valence-electron chi connectivity index (χ2n) is 5.29. The normalized spacial score (nSPS) is 24.4. The summed E-state index contributed by atoms with van der Waals surface area (Å²) in [6.07, 6.45) is 1.10. The molecule has 0 radical (unpaired) electrons. The number of hydrogen-bond donors (Lipinski definition) is 0. The van der Waals surface area contributed by atoms with Gasteiger partial charge in [-0.1, -0.05) is 41.1 Å². The van der Waals surface area contributed by atoms with E-state index in [4.69, 9.17) is 14.2 Å². The Balaban J connectivity index is 1.76. The predicted molar refractivity (Wildman–Crippen MR) is 89.5 cm³/mol. The van der Waals surface area contributed by atoms with Gasteiger partial charge in [-0.25, -0.2) is 0 Å². The zero-order valence-electron chi connectivity index (χ0n) is 12.5. The van der Waals surface area contributed by atoms with Crippen molar-refractivity contribution in [3.63, 3.8) is 0 Å². The molecule has 3 nitrogen and oxygen atoms in total. The summed E-state index contributed by atoms with van der Waals surface area (Å²) in [5.41, 5.74) is 1.00. The summed E-state index contributed by atoms with van der Waals surface area (Å²) in [6, 6.07) is 17.6. The maximum Gasteiger partial charge on any atom is 0.205 e. The molecule has 0 bridgehead atoms. The highest BCUT2D eigenvalue weighted by Gasteiger charge is 2.41. The Morgan fingerprint density at radius 3 is 2.36 bits per heavy atom. The van der Waals surface area contributed by atoms with E-state index in [1.54, 1.807) is 0 Å². The first-order valence-electron chi connectivity index (χ1n) is 7.47. The third-order valence-electron chi connectivity index (χ3n) is 3.76. The molecule has 116 valence electrons. The minimum atomic E-state index is -0.689. The Morgan fingerprint density at radius 2 is 1.77 bits per heavy atom. The Labute approximate surface area is 139 Å². The number of para-hydroxylation sites is 1. The molecule has 22 heavy (non-hydrogen) atoms. The van der Waals surface area contributed by atoms with Gasteiger partial charge in [-0.2, -0.15) is 0 Å². The van der Waals surface area contributed by atoms with E-state index in [2.05, 4.69) is 22.9 Å². The fourth-order valence-electron chi connectivity index (χ4n) is 2.47. The van der Waals surface area contributed by atoms with Gasteiger partial charge in [0.25, 0.3) is 0 Å². The molecule has 0 aliphatic carbocycles. The van der Waals surface area contributed by atoms with Crippen LogP contribution in [-0.4, -0.2) is 18.0 Å². The number of halogens is 1. The topological polar surface area (TPSA) is 27.7 Å². The lowest BCUT2D eigenvalue weighted by molar-refractivity contribution is -0.156. The van der Waals surface area contributed by atoms with Crippen LogP contribution in [0.1, 0.15) is 18.9 Å². The molecule has 1 heterocycles. The van der Waals surface area contributed by atoms with Crippen LogP contribution in [0.4, 0.5) is 0 Å². The highest BCUT2D eigenvalue weighted by molar-refractivity contribution is 9.09. The van der Waals surface area contributed by atoms with Gasteiger partial charge in [-0.05, 0) is 42.8 Å². The van der Waals surface area contributed by atoms with Gasteiger partial charge in [0.05, 0.1) is 18.0 Å². The first kappa shape index (κ1) is 15.5. The summed E-state index contributed by atoms with van der Waals surface area (Å²) in [5.74, 6) is 0.931. The molecule has 2 aromatic carbocycles. The van der Waals surface area contributed by atoms with Gasteiger partial charge in [-0.3, -0.25) is 0 Å². The van der Waals surface area contributed by atoms with Gasteiger partial charge in [0.1, 0.15) is 11.5 Å². The van der Waals surface area contributed by atoms with E-state index in [1.165, 1.54) is 0 Å². The third-order valence-corrected chi connectivity index (χ3v) is 4.50. The standard InChI is InChI=1S/C18H19BrO3/c1-2-15-12-20-18(13-19,22-15)14-8-10-17(11-9-14)21-16-6-4-3-5-7-16/h3-11,15H,2,12-13H2,1H3. The van der Waals surface area contributed by atoms with Gasteiger partial charge in [0.2, 0.25) is 5.79 Å². The highest BCUT2D eigenvalue weighted by atomic mass is 79.9. The molecular formula is C18H19BrO3. The Hall–Kier alpha value is -1.36. The molecule has 2 aromatic rings. The van der Waals surface area contributed by atoms with Crippen LogP contribution in [0.5, 0.6) is 11.5 Å².